The minimum absolute atomic E-state index is 0.245. The molecule has 2 saturated heterocycles. The fourth-order valence-corrected chi connectivity index (χ4v) is 4.25. The molecule has 1 N–H and O–H groups in total. The van der Waals surface area contributed by atoms with Crippen molar-refractivity contribution in [3.05, 3.63) is 29.8 Å². The molecule has 2 unspecified atom stereocenters. The van der Waals surface area contributed by atoms with Crippen molar-refractivity contribution in [2.45, 2.75) is 36.4 Å². The lowest BCUT2D eigenvalue weighted by atomic mass is 10.0. The standard InChI is InChI=1S/C17H27N3O2S/c1-19-12-16(14-6-8-15(9-7-14)23(2,21)22)18-17(13-19)20-10-4-3-5-11-20/h6-9,16-18H,3-5,10-13H2,1-2H3. The van der Waals surface area contributed by atoms with Crippen LogP contribution in [0.5, 0.6) is 0 Å². The number of likely N-dealkylation sites (tertiary alicyclic amines) is 1. The molecule has 0 aliphatic carbocycles. The van der Waals surface area contributed by atoms with Crippen LogP contribution >= 0.6 is 0 Å². The first-order valence-electron chi connectivity index (χ1n) is 8.42. The van der Waals surface area contributed by atoms with E-state index in [2.05, 4.69) is 22.2 Å². The second-order valence-corrected chi connectivity index (χ2v) is 8.91. The summed E-state index contributed by atoms with van der Waals surface area (Å²) in [5.41, 5.74) is 1.16. The van der Waals surface area contributed by atoms with Crippen LogP contribution in [-0.4, -0.2) is 63.9 Å². The van der Waals surface area contributed by atoms with Crippen LogP contribution in [-0.2, 0) is 9.84 Å². The first-order valence-corrected chi connectivity index (χ1v) is 10.3. The summed E-state index contributed by atoms with van der Waals surface area (Å²) in [6.07, 6.45) is 5.55. The van der Waals surface area contributed by atoms with Crippen molar-refractivity contribution in [2.75, 3.05) is 39.5 Å². The van der Waals surface area contributed by atoms with Crippen molar-refractivity contribution in [1.82, 2.24) is 15.1 Å². The first-order chi connectivity index (χ1) is 10.9. The van der Waals surface area contributed by atoms with Crippen LogP contribution in [0.4, 0.5) is 0 Å². The van der Waals surface area contributed by atoms with Gasteiger partial charge in [0, 0.05) is 25.4 Å². The molecule has 5 nitrogen and oxygen atoms in total. The van der Waals surface area contributed by atoms with E-state index in [1.807, 2.05) is 12.1 Å². The Morgan fingerprint density at radius 2 is 1.70 bits per heavy atom. The molecule has 2 atom stereocenters. The SMILES string of the molecule is CN1CC(c2ccc(S(C)(=O)=O)cc2)NC(N2CCCCC2)C1. The normalized spacial score (nSPS) is 27.9. The zero-order chi connectivity index (χ0) is 16.4. The highest BCUT2D eigenvalue weighted by Gasteiger charge is 2.30. The maximum Gasteiger partial charge on any atom is 0.175 e. The third kappa shape index (κ3) is 4.12. The third-order valence-corrected chi connectivity index (χ3v) is 6.04. The summed E-state index contributed by atoms with van der Waals surface area (Å²) in [5.74, 6) is 0. The second-order valence-electron chi connectivity index (χ2n) is 6.89. The summed E-state index contributed by atoms with van der Waals surface area (Å²) in [7, 11) is -0.966. The second kappa shape index (κ2) is 6.89. The number of benzene rings is 1. The van der Waals surface area contributed by atoms with Crippen LogP contribution < -0.4 is 5.32 Å². The maximum absolute atomic E-state index is 11.6. The van der Waals surface area contributed by atoms with Gasteiger partial charge in [0.1, 0.15) is 0 Å². The van der Waals surface area contributed by atoms with E-state index in [9.17, 15) is 8.42 Å². The summed E-state index contributed by atoms with van der Waals surface area (Å²) in [5, 5.41) is 3.76. The van der Waals surface area contributed by atoms with Gasteiger partial charge in [-0.25, -0.2) is 8.42 Å². The largest absolute Gasteiger partial charge is 0.302 e. The Hall–Kier alpha value is -0.950. The topological polar surface area (TPSA) is 52.7 Å². The molecule has 0 bridgehead atoms. The fraction of sp³-hybridized carbons (Fsp3) is 0.647. The van der Waals surface area contributed by atoms with E-state index in [0.29, 0.717) is 11.1 Å². The molecule has 0 saturated carbocycles. The molecule has 0 aromatic heterocycles. The van der Waals surface area contributed by atoms with E-state index in [-0.39, 0.29) is 6.04 Å². The highest BCUT2D eigenvalue weighted by atomic mass is 32.2. The monoisotopic (exact) mass is 337 g/mol. The molecule has 0 radical (unpaired) electrons. The third-order valence-electron chi connectivity index (χ3n) is 4.91. The summed E-state index contributed by atoms with van der Waals surface area (Å²) in [4.78, 5) is 5.31. The van der Waals surface area contributed by atoms with Gasteiger partial charge in [0.25, 0.3) is 0 Å². The van der Waals surface area contributed by atoms with Gasteiger partial charge in [-0.15, -0.1) is 0 Å². The van der Waals surface area contributed by atoms with Crippen LogP contribution in [0.1, 0.15) is 30.9 Å². The van der Waals surface area contributed by atoms with Crippen LogP contribution in [0.15, 0.2) is 29.2 Å². The van der Waals surface area contributed by atoms with Gasteiger partial charge in [-0.1, -0.05) is 18.6 Å². The number of rotatable bonds is 3. The molecule has 2 aliphatic rings. The molecule has 1 aromatic rings. The maximum atomic E-state index is 11.6. The lowest BCUT2D eigenvalue weighted by molar-refractivity contribution is 0.0592. The van der Waals surface area contributed by atoms with E-state index in [0.717, 1.165) is 18.7 Å². The summed E-state index contributed by atoms with van der Waals surface area (Å²) < 4.78 is 23.2. The van der Waals surface area contributed by atoms with Crippen LogP contribution in [0.2, 0.25) is 0 Å². The Kier molecular flexibility index (Phi) is 5.06. The van der Waals surface area contributed by atoms with E-state index in [4.69, 9.17) is 0 Å². The van der Waals surface area contributed by atoms with Gasteiger partial charge < -0.3 is 4.90 Å². The van der Waals surface area contributed by atoms with Gasteiger partial charge in [0.15, 0.2) is 9.84 Å². The number of likely N-dealkylation sites (N-methyl/N-ethyl adjacent to an activating group) is 1. The quantitative estimate of drug-likeness (QED) is 0.905. The predicted molar refractivity (Wildman–Crippen MR) is 92.1 cm³/mol. The van der Waals surface area contributed by atoms with Crippen LogP contribution in [0, 0.1) is 0 Å². The number of nitrogens with zero attached hydrogens (tertiary/aromatic N) is 2. The molecule has 0 spiro atoms. The minimum atomic E-state index is -3.13. The lowest BCUT2D eigenvalue weighted by Crippen LogP contribution is -2.59. The molecule has 2 aliphatic heterocycles. The predicted octanol–water partition coefficient (Wildman–Crippen LogP) is 1.48. The fourth-order valence-electron chi connectivity index (χ4n) is 3.62. The average Bonchev–Trinajstić information content (AvgIpc) is 2.54. The Labute approximate surface area is 139 Å². The van der Waals surface area contributed by atoms with Crippen molar-refractivity contribution in [3.8, 4) is 0 Å². The van der Waals surface area contributed by atoms with Gasteiger partial charge in [-0.3, -0.25) is 10.2 Å². The Balaban J connectivity index is 1.73. The van der Waals surface area contributed by atoms with E-state index in [1.54, 1.807) is 12.1 Å². The smallest absolute Gasteiger partial charge is 0.175 e. The number of piperazine rings is 1. The number of piperidine rings is 1. The Morgan fingerprint density at radius 1 is 1.04 bits per heavy atom. The Bertz CT molecular complexity index is 624. The lowest BCUT2D eigenvalue weighted by Gasteiger charge is -2.44. The number of sulfone groups is 1. The molecule has 6 heteroatoms. The number of hydrogen-bond acceptors (Lipinski definition) is 5. The van der Waals surface area contributed by atoms with Crippen LogP contribution in [0.3, 0.4) is 0 Å². The highest BCUT2D eigenvalue weighted by molar-refractivity contribution is 7.90. The van der Waals surface area contributed by atoms with E-state index < -0.39 is 9.84 Å². The minimum Gasteiger partial charge on any atom is -0.302 e. The van der Waals surface area contributed by atoms with Gasteiger partial charge in [0.2, 0.25) is 0 Å². The average molecular weight is 337 g/mol. The van der Waals surface area contributed by atoms with Crippen LogP contribution in [0.25, 0.3) is 0 Å². The molecule has 1 aromatic carbocycles. The van der Waals surface area contributed by atoms with E-state index >= 15 is 0 Å². The molecule has 3 rings (SSSR count). The highest BCUT2D eigenvalue weighted by Crippen LogP contribution is 2.23. The first kappa shape index (κ1) is 16.9. The molecule has 2 fully saturated rings. The molecule has 128 valence electrons. The van der Waals surface area contributed by atoms with Crippen molar-refractivity contribution < 1.29 is 8.42 Å². The number of hydrogen-bond donors (Lipinski definition) is 1. The van der Waals surface area contributed by atoms with Gasteiger partial charge in [-0.2, -0.15) is 0 Å². The van der Waals surface area contributed by atoms with E-state index in [1.165, 1.54) is 38.6 Å². The van der Waals surface area contributed by atoms with Crippen molar-refractivity contribution in [3.63, 3.8) is 0 Å². The summed E-state index contributed by atoms with van der Waals surface area (Å²) in [6, 6.07) is 7.57. The van der Waals surface area contributed by atoms with Gasteiger partial charge in [-0.05, 0) is 50.7 Å². The molecule has 23 heavy (non-hydrogen) atoms. The number of nitrogens with one attached hydrogen (secondary N) is 1. The summed E-state index contributed by atoms with van der Waals surface area (Å²) >= 11 is 0. The zero-order valence-electron chi connectivity index (χ0n) is 14.0. The Morgan fingerprint density at radius 3 is 2.30 bits per heavy atom. The molecule has 0 amide bonds. The molecule has 2 heterocycles. The van der Waals surface area contributed by atoms with Crippen molar-refractivity contribution in [1.29, 1.82) is 0 Å². The summed E-state index contributed by atoms with van der Waals surface area (Å²) in [6.45, 7) is 4.33. The van der Waals surface area contributed by atoms with Gasteiger partial charge in [0.05, 0.1) is 11.1 Å². The molecular formula is C17H27N3O2S. The van der Waals surface area contributed by atoms with Gasteiger partial charge >= 0.3 is 0 Å². The van der Waals surface area contributed by atoms with Crippen molar-refractivity contribution in [2.24, 2.45) is 0 Å². The van der Waals surface area contributed by atoms with Crippen molar-refractivity contribution >= 4 is 9.84 Å². The molecular weight excluding hydrogens is 310 g/mol. The zero-order valence-corrected chi connectivity index (χ0v) is 14.8.